The van der Waals surface area contributed by atoms with Crippen molar-refractivity contribution in [2.75, 3.05) is 0 Å². The van der Waals surface area contributed by atoms with Crippen molar-refractivity contribution in [1.29, 1.82) is 0 Å². The fraction of sp³-hybridized carbons (Fsp3) is 0. The smallest absolute Gasteiger partial charge is 0.193 e. The first-order chi connectivity index (χ1) is 20.7. The molecule has 198 valence electrons. The summed E-state index contributed by atoms with van der Waals surface area (Å²) in [4.78, 5) is 27.8. The van der Waals surface area contributed by atoms with Crippen LogP contribution in [0.25, 0.3) is 45.2 Å². The second-order valence-electron chi connectivity index (χ2n) is 10.4. The number of thiophene rings is 2. The van der Waals surface area contributed by atoms with E-state index in [2.05, 4.69) is 66.7 Å². The van der Waals surface area contributed by atoms with E-state index >= 15 is 0 Å². The Morgan fingerprint density at radius 1 is 0.429 bits per heavy atom. The van der Waals surface area contributed by atoms with Crippen LogP contribution in [0.5, 0.6) is 0 Å². The van der Waals surface area contributed by atoms with Gasteiger partial charge in [-0.3, -0.25) is 9.59 Å². The third-order valence-corrected chi connectivity index (χ3v) is 11.3. The summed E-state index contributed by atoms with van der Waals surface area (Å²) in [5.41, 5.74) is 2.80. The topological polar surface area (TPSA) is 34.1 Å². The molecule has 0 bridgehead atoms. The van der Waals surface area contributed by atoms with E-state index in [1.165, 1.54) is 34.5 Å². The normalized spacial score (nSPS) is 12.0. The Morgan fingerprint density at radius 2 is 0.952 bits per heavy atom. The van der Waals surface area contributed by atoms with Gasteiger partial charge in [0, 0.05) is 69.7 Å². The van der Waals surface area contributed by atoms with Gasteiger partial charge in [-0.1, -0.05) is 72.8 Å². The van der Waals surface area contributed by atoms with Crippen LogP contribution in [-0.4, -0.2) is 11.6 Å². The van der Waals surface area contributed by atoms with Crippen LogP contribution in [0.2, 0.25) is 0 Å². The molecule has 4 heteroatoms. The van der Waals surface area contributed by atoms with E-state index in [0.717, 1.165) is 10.8 Å². The summed E-state index contributed by atoms with van der Waals surface area (Å²) in [7, 11) is -0.307. The number of carbonyl (C=O) groups excluding carboxylic acids is 2. The largest absolute Gasteiger partial charge is 0.289 e. The van der Waals surface area contributed by atoms with E-state index in [0.29, 0.717) is 22.3 Å². The fourth-order valence-corrected chi connectivity index (χ4v) is 9.29. The monoisotopic (exact) mass is 575 g/mol. The molecule has 0 fully saturated rings. The molecule has 0 saturated heterocycles. The van der Waals surface area contributed by atoms with Gasteiger partial charge in [-0.25, -0.2) is 0 Å². The minimum Gasteiger partial charge on any atom is -0.289 e. The first-order valence-corrected chi connectivity index (χ1v) is 15.8. The Labute approximate surface area is 249 Å². The lowest BCUT2D eigenvalue weighted by atomic mass is 10.0. The summed E-state index contributed by atoms with van der Waals surface area (Å²) >= 11 is 1.76. The SMILES string of the molecule is O=C(c1ccccc1)c1ccc2sc3ccc(-[s+]4c5ccccc5c5cc(C(=O)c6ccccc6)ccc54)cc3c2c1. The first-order valence-electron chi connectivity index (χ1n) is 13.8. The molecule has 2 nitrogen and oxygen atoms in total. The van der Waals surface area contributed by atoms with Crippen molar-refractivity contribution in [1.82, 2.24) is 0 Å². The molecule has 2 heterocycles. The van der Waals surface area contributed by atoms with E-state index in [9.17, 15) is 9.59 Å². The van der Waals surface area contributed by atoms with Crippen LogP contribution in [-0.2, 0) is 0 Å². The zero-order valence-corrected chi connectivity index (χ0v) is 24.0. The summed E-state index contributed by atoms with van der Waals surface area (Å²) in [6.45, 7) is 0. The van der Waals surface area contributed by atoms with Gasteiger partial charge in [0.2, 0.25) is 0 Å². The minimum atomic E-state index is -0.307. The van der Waals surface area contributed by atoms with Gasteiger partial charge in [-0.2, -0.15) is 0 Å². The highest BCUT2D eigenvalue weighted by Crippen LogP contribution is 2.50. The lowest BCUT2D eigenvalue weighted by Crippen LogP contribution is -2.00. The summed E-state index contributed by atoms with van der Waals surface area (Å²) in [6, 6.07) is 46.5. The number of rotatable bonds is 5. The molecule has 1 unspecified atom stereocenters. The van der Waals surface area contributed by atoms with E-state index in [1.54, 1.807) is 11.3 Å². The van der Waals surface area contributed by atoms with Gasteiger partial charge in [0.05, 0.1) is 0 Å². The summed E-state index contributed by atoms with van der Waals surface area (Å²) < 4.78 is 4.89. The first kappa shape index (κ1) is 24.9. The van der Waals surface area contributed by atoms with Crippen molar-refractivity contribution in [3.05, 3.63) is 162 Å². The molecule has 0 aliphatic carbocycles. The summed E-state index contributed by atoms with van der Waals surface area (Å²) in [6.07, 6.45) is 0. The average Bonchev–Trinajstić information content (AvgIpc) is 3.59. The second kappa shape index (κ2) is 9.88. The number of carbonyl (C=O) groups is 2. The summed E-state index contributed by atoms with van der Waals surface area (Å²) in [5, 5.41) is 4.59. The van der Waals surface area contributed by atoms with Gasteiger partial charge < -0.3 is 0 Å². The molecule has 0 radical (unpaired) electrons. The van der Waals surface area contributed by atoms with Crippen LogP contribution in [0.15, 0.2) is 140 Å². The fourth-order valence-electron chi connectivity index (χ4n) is 5.84. The van der Waals surface area contributed by atoms with Crippen molar-refractivity contribution >= 4 is 73.7 Å². The minimum absolute atomic E-state index is 0.0365. The molecule has 42 heavy (non-hydrogen) atoms. The Balaban J connectivity index is 1.30. The molecule has 8 rings (SSSR count). The zero-order valence-electron chi connectivity index (χ0n) is 22.4. The molecule has 0 aliphatic rings. The van der Waals surface area contributed by atoms with Crippen LogP contribution in [0.1, 0.15) is 31.8 Å². The molecule has 2 aromatic heterocycles. The lowest BCUT2D eigenvalue weighted by molar-refractivity contribution is 0.103. The number of hydrogen-bond acceptors (Lipinski definition) is 3. The highest BCUT2D eigenvalue weighted by Gasteiger charge is 2.25. The van der Waals surface area contributed by atoms with E-state index in [1.807, 2.05) is 72.8 Å². The molecule has 0 amide bonds. The van der Waals surface area contributed by atoms with Crippen LogP contribution >= 0.6 is 21.8 Å². The third-order valence-electron chi connectivity index (χ3n) is 7.87. The van der Waals surface area contributed by atoms with Crippen LogP contribution in [0, 0.1) is 0 Å². The van der Waals surface area contributed by atoms with Gasteiger partial charge in [-0.05, 0) is 60.7 Å². The number of fused-ring (bicyclic) bond motifs is 6. The standard InChI is InChI=1S/C38H23O2S2/c39-37(24-9-3-1-4-10-24)26-15-18-33-30(21-26)31-23-28(17-19-34(31)41-33)42-35-14-8-7-13-29(35)32-22-27(16-20-36(32)42)38(40)25-11-5-2-6-12-25/h1-23H/q+1. The van der Waals surface area contributed by atoms with Crippen molar-refractivity contribution in [2.45, 2.75) is 0 Å². The molecular formula is C38H23O2S2+. The molecule has 6 aromatic carbocycles. The van der Waals surface area contributed by atoms with Crippen LogP contribution in [0.3, 0.4) is 0 Å². The maximum atomic E-state index is 13.3. The van der Waals surface area contributed by atoms with Gasteiger partial charge in [-0.15, -0.1) is 11.3 Å². The molecule has 1 atom stereocenters. The van der Waals surface area contributed by atoms with Crippen molar-refractivity contribution in [3.63, 3.8) is 0 Å². The Morgan fingerprint density at radius 3 is 1.64 bits per heavy atom. The highest BCUT2D eigenvalue weighted by atomic mass is 32.2. The maximum absolute atomic E-state index is 13.3. The van der Waals surface area contributed by atoms with Crippen LogP contribution < -0.4 is 0 Å². The van der Waals surface area contributed by atoms with Gasteiger partial charge >= 0.3 is 0 Å². The van der Waals surface area contributed by atoms with Gasteiger partial charge in [0.1, 0.15) is 0 Å². The lowest BCUT2D eigenvalue weighted by Gasteiger charge is -2.02. The molecule has 0 N–H and O–H groups in total. The Bertz CT molecular complexity index is 2330. The third kappa shape index (κ3) is 3.99. The van der Waals surface area contributed by atoms with Crippen molar-refractivity contribution < 1.29 is 9.59 Å². The Kier molecular flexibility index (Phi) is 5.85. The average molecular weight is 576 g/mol. The van der Waals surface area contributed by atoms with Gasteiger partial charge in [0.15, 0.2) is 25.9 Å². The quantitative estimate of drug-likeness (QED) is 0.151. The predicted octanol–water partition coefficient (Wildman–Crippen LogP) is 10.6. The number of ketones is 2. The summed E-state index contributed by atoms with van der Waals surface area (Å²) in [5.74, 6) is 0.0732. The van der Waals surface area contributed by atoms with E-state index in [-0.39, 0.29) is 22.0 Å². The predicted molar refractivity (Wildman–Crippen MR) is 178 cm³/mol. The molecule has 0 spiro atoms. The molecule has 8 aromatic rings. The van der Waals surface area contributed by atoms with E-state index in [4.69, 9.17) is 0 Å². The molecule has 0 aliphatic heterocycles. The van der Waals surface area contributed by atoms with Crippen molar-refractivity contribution in [3.8, 4) is 4.90 Å². The zero-order chi connectivity index (χ0) is 28.2. The van der Waals surface area contributed by atoms with Gasteiger partial charge in [0.25, 0.3) is 0 Å². The Hall–Kier alpha value is -4.90. The van der Waals surface area contributed by atoms with Crippen LogP contribution in [0.4, 0.5) is 0 Å². The molecular weight excluding hydrogens is 553 g/mol. The highest BCUT2D eigenvalue weighted by molar-refractivity contribution is 7.50. The number of benzene rings is 6. The molecule has 0 saturated carbocycles. The second-order valence-corrected chi connectivity index (χ2v) is 13.4. The maximum Gasteiger partial charge on any atom is 0.193 e. The van der Waals surface area contributed by atoms with E-state index < -0.39 is 0 Å². The number of hydrogen-bond donors (Lipinski definition) is 0. The van der Waals surface area contributed by atoms with Crippen molar-refractivity contribution in [2.24, 2.45) is 0 Å².